The highest BCUT2D eigenvalue weighted by Crippen LogP contribution is 2.02. The van der Waals surface area contributed by atoms with Gasteiger partial charge in [0.25, 0.3) is 0 Å². The van der Waals surface area contributed by atoms with E-state index in [-0.39, 0.29) is 5.91 Å². The van der Waals surface area contributed by atoms with Crippen LogP contribution in [0.25, 0.3) is 0 Å². The van der Waals surface area contributed by atoms with Crippen molar-refractivity contribution in [1.29, 1.82) is 0 Å². The van der Waals surface area contributed by atoms with Gasteiger partial charge in [-0.2, -0.15) is 0 Å². The topological polar surface area (TPSA) is 72.9 Å². The quantitative estimate of drug-likeness (QED) is 0.692. The summed E-state index contributed by atoms with van der Waals surface area (Å²) in [6.45, 7) is 5.23. The SMILES string of the molecule is CC(C)(N)CC(=O)NCCCn1ccnc1. The van der Waals surface area contributed by atoms with Crippen LogP contribution in [0.1, 0.15) is 26.7 Å². The monoisotopic (exact) mass is 224 g/mol. The molecular formula is C11H20N4O. The van der Waals surface area contributed by atoms with Crippen LogP contribution in [0.2, 0.25) is 0 Å². The number of nitrogens with two attached hydrogens (primary N) is 1. The Morgan fingerprint density at radius 3 is 2.88 bits per heavy atom. The zero-order valence-corrected chi connectivity index (χ0v) is 9.94. The van der Waals surface area contributed by atoms with Gasteiger partial charge in [-0.05, 0) is 20.3 Å². The maximum atomic E-state index is 11.4. The van der Waals surface area contributed by atoms with Gasteiger partial charge in [-0.15, -0.1) is 0 Å². The summed E-state index contributed by atoms with van der Waals surface area (Å²) in [4.78, 5) is 15.4. The number of rotatable bonds is 6. The van der Waals surface area contributed by atoms with Gasteiger partial charge in [0, 0.05) is 37.4 Å². The Labute approximate surface area is 96.0 Å². The number of aromatic nitrogens is 2. The van der Waals surface area contributed by atoms with Gasteiger partial charge in [0.1, 0.15) is 0 Å². The molecule has 1 heterocycles. The zero-order valence-electron chi connectivity index (χ0n) is 9.94. The average Bonchev–Trinajstić information content (AvgIpc) is 2.62. The largest absolute Gasteiger partial charge is 0.356 e. The van der Waals surface area contributed by atoms with Crippen molar-refractivity contribution in [2.45, 2.75) is 38.8 Å². The van der Waals surface area contributed by atoms with Crippen molar-refractivity contribution in [3.05, 3.63) is 18.7 Å². The first-order chi connectivity index (χ1) is 7.47. The van der Waals surface area contributed by atoms with Crippen molar-refractivity contribution < 1.29 is 4.79 Å². The number of amides is 1. The molecule has 3 N–H and O–H groups in total. The number of carbonyl (C=O) groups excluding carboxylic acids is 1. The maximum Gasteiger partial charge on any atom is 0.221 e. The van der Waals surface area contributed by atoms with Crippen molar-refractivity contribution in [3.63, 3.8) is 0 Å². The minimum Gasteiger partial charge on any atom is -0.356 e. The first-order valence-corrected chi connectivity index (χ1v) is 5.49. The lowest BCUT2D eigenvalue weighted by Crippen LogP contribution is -2.39. The summed E-state index contributed by atoms with van der Waals surface area (Å²) >= 11 is 0. The third-order valence-corrected chi connectivity index (χ3v) is 2.09. The molecule has 0 aliphatic heterocycles. The molecule has 5 heteroatoms. The van der Waals surface area contributed by atoms with Gasteiger partial charge in [0.15, 0.2) is 0 Å². The fourth-order valence-corrected chi connectivity index (χ4v) is 1.38. The molecule has 5 nitrogen and oxygen atoms in total. The molecule has 0 aliphatic carbocycles. The lowest BCUT2D eigenvalue weighted by atomic mass is 10.0. The third-order valence-electron chi connectivity index (χ3n) is 2.09. The van der Waals surface area contributed by atoms with Gasteiger partial charge in [0.05, 0.1) is 6.33 Å². The maximum absolute atomic E-state index is 11.4. The zero-order chi connectivity index (χ0) is 12.0. The molecule has 0 unspecified atom stereocenters. The molecule has 0 bridgehead atoms. The number of nitrogens with one attached hydrogen (secondary N) is 1. The molecule has 16 heavy (non-hydrogen) atoms. The highest BCUT2D eigenvalue weighted by Gasteiger charge is 2.15. The van der Waals surface area contributed by atoms with E-state index >= 15 is 0 Å². The fraction of sp³-hybridized carbons (Fsp3) is 0.636. The van der Waals surface area contributed by atoms with E-state index in [1.165, 1.54) is 0 Å². The Kier molecular flexibility index (Phi) is 4.49. The molecule has 1 amide bonds. The summed E-state index contributed by atoms with van der Waals surface area (Å²) in [6.07, 6.45) is 6.68. The second kappa shape index (κ2) is 5.65. The minimum absolute atomic E-state index is 0.0122. The highest BCUT2D eigenvalue weighted by atomic mass is 16.1. The lowest BCUT2D eigenvalue weighted by molar-refractivity contribution is -0.122. The second-order valence-electron chi connectivity index (χ2n) is 4.67. The fourth-order valence-electron chi connectivity index (χ4n) is 1.38. The van der Waals surface area contributed by atoms with Gasteiger partial charge in [0.2, 0.25) is 5.91 Å². The van der Waals surface area contributed by atoms with Gasteiger partial charge >= 0.3 is 0 Å². The number of carbonyl (C=O) groups is 1. The summed E-state index contributed by atoms with van der Waals surface area (Å²) in [5.74, 6) is 0.0122. The standard InChI is InChI=1S/C11H20N4O/c1-11(2,12)8-10(16)14-4-3-6-15-7-5-13-9-15/h5,7,9H,3-4,6,8,12H2,1-2H3,(H,14,16). The Hall–Kier alpha value is -1.36. The van der Waals surface area contributed by atoms with E-state index in [2.05, 4.69) is 10.3 Å². The smallest absolute Gasteiger partial charge is 0.221 e. The first kappa shape index (κ1) is 12.7. The van der Waals surface area contributed by atoms with Crippen LogP contribution in [0.3, 0.4) is 0 Å². The summed E-state index contributed by atoms with van der Waals surface area (Å²) < 4.78 is 1.99. The molecule has 0 saturated heterocycles. The predicted molar refractivity (Wildman–Crippen MR) is 62.7 cm³/mol. The van der Waals surface area contributed by atoms with Crippen LogP contribution < -0.4 is 11.1 Å². The van der Waals surface area contributed by atoms with E-state index in [4.69, 9.17) is 5.73 Å². The molecule has 0 aliphatic rings. The van der Waals surface area contributed by atoms with Crippen LogP contribution in [0, 0.1) is 0 Å². The van der Waals surface area contributed by atoms with Crippen molar-refractivity contribution in [3.8, 4) is 0 Å². The van der Waals surface area contributed by atoms with Crippen molar-refractivity contribution >= 4 is 5.91 Å². The van der Waals surface area contributed by atoms with Crippen molar-refractivity contribution in [1.82, 2.24) is 14.9 Å². The number of hydrogen-bond donors (Lipinski definition) is 2. The number of aryl methyl sites for hydroxylation is 1. The normalized spacial score (nSPS) is 11.4. The van der Waals surface area contributed by atoms with E-state index in [9.17, 15) is 4.79 Å². The lowest BCUT2D eigenvalue weighted by Gasteiger charge is -2.17. The van der Waals surface area contributed by atoms with Gasteiger partial charge in [-0.3, -0.25) is 4.79 Å². The molecule has 0 fully saturated rings. The Bertz CT molecular complexity index is 313. The molecule has 0 saturated carbocycles. The molecule has 90 valence electrons. The van der Waals surface area contributed by atoms with Crippen molar-refractivity contribution in [2.75, 3.05) is 6.54 Å². The van der Waals surface area contributed by atoms with Gasteiger partial charge < -0.3 is 15.6 Å². The van der Waals surface area contributed by atoms with E-state index in [1.807, 2.05) is 24.6 Å². The van der Waals surface area contributed by atoms with E-state index < -0.39 is 5.54 Å². The number of nitrogens with zero attached hydrogens (tertiary/aromatic N) is 2. The number of imidazole rings is 1. The van der Waals surface area contributed by atoms with Gasteiger partial charge in [-0.25, -0.2) is 4.98 Å². The summed E-state index contributed by atoms with van der Waals surface area (Å²) in [6, 6.07) is 0. The molecular weight excluding hydrogens is 204 g/mol. The van der Waals surface area contributed by atoms with Crippen LogP contribution >= 0.6 is 0 Å². The summed E-state index contributed by atoms with van der Waals surface area (Å²) in [5, 5.41) is 2.85. The molecule has 1 rings (SSSR count). The second-order valence-corrected chi connectivity index (χ2v) is 4.67. The molecule has 1 aromatic heterocycles. The number of hydrogen-bond acceptors (Lipinski definition) is 3. The Morgan fingerprint density at radius 2 is 2.31 bits per heavy atom. The van der Waals surface area contributed by atoms with E-state index in [0.29, 0.717) is 13.0 Å². The molecule has 0 radical (unpaired) electrons. The van der Waals surface area contributed by atoms with Crippen molar-refractivity contribution in [2.24, 2.45) is 5.73 Å². The molecule has 0 spiro atoms. The van der Waals surface area contributed by atoms with E-state index in [1.54, 1.807) is 12.5 Å². The average molecular weight is 224 g/mol. The predicted octanol–water partition coefficient (Wildman–Crippen LogP) is 0.517. The summed E-state index contributed by atoms with van der Waals surface area (Å²) in [5.41, 5.74) is 5.31. The summed E-state index contributed by atoms with van der Waals surface area (Å²) in [7, 11) is 0. The minimum atomic E-state index is -0.436. The highest BCUT2D eigenvalue weighted by molar-refractivity contribution is 5.76. The molecule has 0 aromatic carbocycles. The van der Waals surface area contributed by atoms with Crippen LogP contribution in [0.5, 0.6) is 0 Å². The van der Waals surface area contributed by atoms with Crippen LogP contribution in [-0.2, 0) is 11.3 Å². The van der Waals surface area contributed by atoms with Crippen LogP contribution in [-0.4, -0.2) is 27.5 Å². The van der Waals surface area contributed by atoms with Crippen LogP contribution in [0.15, 0.2) is 18.7 Å². The molecule has 0 atom stereocenters. The van der Waals surface area contributed by atoms with Gasteiger partial charge in [-0.1, -0.05) is 0 Å². The van der Waals surface area contributed by atoms with Crippen LogP contribution in [0.4, 0.5) is 0 Å². The first-order valence-electron chi connectivity index (χ1n) is 5.49. The Morgan fingerprint density at radius 1 is 1.56 bits per heavy atom. The Balaban J connectivity index is 2.09. The third kappa shape index (κ3) is 5.50. The van der Waals surface area contributed by atoms with E-state index in [0.717, 1.165) is 13.0 Å². The molecule has 1 aromatic rings.